The molecular formula is C21H21Cl2NO5. The van der Waals surface area contributed by atoms with Crippen LogP contribution in [0.4, 0.5) is 0 Å². The highest BCUT2D eigenvalue weighted by atomic mass is 35.5. The predicted molar refractivity (Wildman–Crippen MR) is 111 cm³/mol. The smallest absolute Gasteiger partial charge is 0.329 e. The van der Waals surface area contributed by atoms with Crippen LogP contribution in [0.25, 0.3) is 0 Å². The van der Waals surface area contributed by atoms with Crippen LogP contribution in [-0.4, -0.2) is 37.4 Å². The van der Waals surface area contributed by atoms with Crippen LogP contribution >= 0.6 is 23.2 Å². The molecule has 0 aliphatic heterocycles. The lowest BCUT2D eigenvalue weighted by molar-refractivity contribution is -0.145. The molecule has 0 spiro atoms. The Hall–Kier alpha value is -2.57. The fraction of sp³-hybridized carbons (Fsp3) is 0.286. The van der Waals surface area contributed by atoms with E-state index in [2.05, 4.69) is 5.32 Å². The van der Waals surface area contributed by atoms with Crippen LogP contribution in [0, 0.1) is 5.92 Å². The second-order valence-corrected chi connectivity index (χ2v) is 7.37. The third-order valence-corrected chi connectivity index (χ3v) is 4.77. The van der Waals surface area contributed by atoms with Gasteiger partial charge in [0.15, 0.2) is 12.4 Å². The highest BCUT2D eigenvalue weighted by Crippen LogP contribution is 2.25. The number of carbonyl (C=O) groups is 3. The first-order valence-electron chi connectivity index (χ1n) is 8.83. The number of Topliss-reactive ketones (excluding diaryl/α,β-unsaturated/α-hetero) is 1. The Balaban J connectivity index is 2.02. The first-order valence-corrected chi connectivity index (χ1v) is 9.59. The van der Waals surface area contributed by atoms with Gasteiger partial charge in [-0.15, -0.1) is 0 Å². The third kappa shape index (κ3) is 5.95. The molecule has 1 amide bonds. The summed E-state index contributed by atoms with van der Waals surface area (Å²) in [5, 5.41) is 3.16. The van der Waals surface area contributed by atoms with Gasteiger partial charge in [-0.25, -0.2) is 4.79 Å². The van der Waals surface area contributed by atoms with Crippen LogP contribution in [0.1, 0.15) is 34.6 Å². The SMILES string of the molecule is COc1ccc(C(=O)COC(=O)[C@@H](NC(=O)c2ccccc2Cl)C(C)C)cc1Cl. The van der Waals surface area contributed by atoms with Crippen LogP contribution < -0.4 is 10.1 Å². The Morgan fingerprint density at radius 2 is 1.72 bits per heavy atom. The maximum atomic E-state index is 12.5. The molecule has 0 heterocycles. The van der Waals surface area contributed by atoms with Gasteiger partial charge in [0, 0.05) is 5.56 Å². The predicted octanol–water partition coefficient (Wildman–Crippen LogP) is 4.18. The lowest BCUT2D eigenvalue weighted by Crippen LogP contribution is -2.45. The topological polar surface area (TPSA) is 81.7 Å². The summed E-state index contributed by atoms with van der Waals surface area (Å²) < 4.78 is 10.2. The summed E-state index contributed by atoms with van der Waals surface area (Å²) in [6, 6.07) is 10.1. The lowest BCUT2D eigenvalue weighted by Gasteiger charge is -2.21. The molecule has 2 rings (SSSR count). The number of hydrogen-bond donors (Lipinski definition) is 1. The molecule has 0 bridgehead atoms. The highest BCUT2D eigenvalue weighted by Gasteiger charge is 2.27. The van der Waals surface area contributed by atoms with Gasteiger partial charge in [0.2, 0.25) is 0 Å². The van der Waals surface area contributed by atoms with Crippen LogP contribution in [0.3, 0.4) is 0 Å². The molecule has 29 heavy (non-hydrogen) atoms. The summed E-state index contributed by atoms with van der Waals surface area (Å²) in [6.07, 6.45) is 0. The van der Waals surface area contributed by atoms with E-state index in [0.717, 1.165) is 0 Å². The van der Waals surface area contributed by atoms with E-state index in [1.807, 2.05) is 0 Å². The zero-order valence-corrected chi connectivity index (χ0v) is 17.7. The maximum Gasteiger partial charge on any atom is 0.329 e. The van der Waals surface area contributed by atoms with E-state index in [0.29, 0.717) is 5.75 Å². The van der Waals surface area contributed by atoms with Crippen LogP contribution in [-0.2, 0) is 9.53 Å². The normalized spacial score (nSPS) is 11.7. The Morgan fingerprint density at radius 3 is 2.31 bits per heavy atom. The number of methoxy groups -OCH3 is 1. The monoisotopic (exact) mass is 437 g/mol. The Labute approximate surface area is 179 Å². The van der Waals surface area contributed by atoms with Gasteiger partial charge in [-0.05, 0) is 36.2 Å². The quantitative estimate of drug-likeness (QED) is 0.494. The van der Waals surface area contributed by atoms with Crippen molar-refractivity contribution in [1.29, 1.82) is 0 Å². The molecule has 2 aromatic carbocycles. The minimum Gasteiger partial charge on any atom is -0.495 e. The molecule has 8 heteroatoms. The molecule has 0 aliphatic carbocycles. The van der Waals surface area contributed by atoms with Gasteiger partial charge in [-0.3, -0.25) is 9.59 Å². The summed E-state index contributed by atoms with van der Waals surface area (Å²) >= 11 is 12.0. The van der Waals surface area contributed by atoms with Gasteiger partial charge in [0.25, 0.3) is 5.91 Å². The molecule has 0 saturated heterocycles. The Bertz CT molecular complexity index is 914. The molecule has 6 nitrogen and oxygen atoms in total. The van der Waals surface area contributed by atoms with Crippen molar-refractivity contribution in [1.82, 2.24) is 5.32 Å². The van der Waals surface area contributed by atoms with Gasteiger partial charge >= 0.3 is 5.97 Å². The summed E-state index contributed by atoms with van der Waals surface area (Å²) in [7, 11) is 1.47. The summed E-state index contributed by atoms with van der Waals surface area (Å²) in [5.41, 5.74) is 0.529. The van der Waals surface area contributed by atoms with Crippen molar-refractivity contribution in [3.05, 3.63) is 63.6 Å². The van der Waals surface area contributed by atoms with Gasteiger partial charge < -0.3 is 14.8 Å². The first-order chi connectivity index (χ1) is 13.7. The van der Waals surface area contributed by atoms with E-state index in [9.17, 15) is 14.4 Å². The molecule has 1 atom stereocenters. The number of rotatable bonds is 8. The zero-order valence-electron chi connectivity index (χ0n) is 16.2. The van der Waals surface area contributed by atoms with Crippen molar-refractivity contribution in [3.8, 4) is 5.75 Å². The second kappa shape index (κ2) is 10.3. The van der Waals surface area contributed by atoms with Crippen LogP contribution in [0.2, 0.25) is 10.0 Å². The first kappa shape index (κ1) is 22.7. The molecule has 0 unspecified atom stereocenters. The second-order valence-electron chi connectivity index (χ2n) is 6.56. The largest absolute Gasteiger partial charge is 0.495 e. The van der Waals surface area contributed by atoms with E-state index < -0.39 is 30.3 Å². The summed E-state index contributed by atoms with van der Waals surface area (Å²) in [6.45, 7) is 3.03. The fourth-order valence-corrected chi connectivity index (χ4v) is 2.99. The molecule has 0 aromatic heterocycles. The van der Waals surface area contributed by atoms with Crippen molar-refractivity contribution >= 4 is 40.9 Å². The van der Waals surface area contributed by atoms with E-state index in [1.54, 1.807) is 44.2 Å². The summed E-state index contributed by atoms with van der Waals surface area (Å²) in [4.78, 5) is 37.2. The van der Waals surface area contributed by atoms with E-state index in [4.69, 9.17) is 32.7 Å². The highest BCUT2D eigenvalue weighted by molar-refractivity contribution is 6.34. The molecule has 0 fully saturated rings. The number of benzene rings is 2. The maximum absolute atomic E-state index is 12.5. The number of amides is 1. The number of halogens is 2. The molecule has 154 valence electrons. The number of ketones is 1. The Morgan fingerprint density at radius 1 is 1.03 bits per heavy atom. The average molecular weight is 438 g/mol. The lowest BCUT2D eigenvalue weighted by atomic mass is 10.0. The van der Waals surface area contributed by atoms with E-state index in [1.165, 1.54) is 19.2 Å². The third-order valence-electron chi connectivity index (χ3n) is 4.14. The fourth-order valence-electron chi connectivity index (χ4n) is 2.51. The van der Waals surface area contributed by atoms with Gasteiger partial charge in [0.1, 0.15) is 11.8 Å². The molecule has 0 saturated carbocycles. The average Bonchev–Trinajstić information content (AvgIpc) is 2.69. The molecule has 0 radical (unpaired) electrons. The van der Waals surface area contributed by atoms with Crippen LogP contribution in [0.15, 0.2) is 42.5 Å². The minimum atomic E-state index is -0.939. The Kier molecular flexibility index (Phi) is 8.05. The minimum absolute atomic E-state index is 0.247. The number of carbonyl (C=O) groups excluding carboxylic acids is 3. The number of ether oxygens (including phenoxy) is 2. The molecule has 1 N–H and O–H groups in total. The number of hydrogen-bond acceptors (Lipinski definition) is 5. The van der Waals surface area contributed by atoms with Gasteiger partial charge in [-0.1, -0.05) is 49.2 Å². The molecule has 2 aromatic rings. The van der Waals surface area contributed by atoms with E-state index in [-0.39, 0.29) is 27.1 Å². The standard InChI is InChI=1S/C21H21Cl2NO5/c1-12(2)19(24-20(26)14-6-4-5-7-15(14)22)21(27)29-11-17(25)13-8-9-18(28-3)16(23)10-13/h4-10,12,19H,11H2,1-3H3,(H,24,26)/t19-/m0/s1. The van der Waals surface area contributed by atoms with Crippen LogP contribution in [0.5, 0.6) is 5.75 Å². The zero-order chi connectivity index (χ0) is 21.6. The van der Waals surface area contributed by atoms with Gasteiger partial charge in [-0.2, -0.15) is 0 Å². The van der Waals surface area contributed by atoms with Gasteiger partial charge in [0.05, 0.1) is 22.7 Å². The van der Waals surface area contributed by atoms with Crippen molar-refractivity contribution in [2.24, 2.45) is 5.92 Å². The van der Waals surface area contributed by atoms with Crippen molar-refractivity contribution in [2.75, 3.05) is 13.7 Å². The molecular weight excluding hydrogens is 417 g/mol. The number of esters is 1. The van der Waals surface area contributed by atoms with Crippen molar-refractivity contribution in [3.63, 3.8) is 0 Å². The molecule has 0 aliphatic rings. The van der Waals surface area contributed by atoms with Crippen molar-refractivity contribution < 1.29 is 23.9 Å². The van der Waals surface area contributed by atoms with E-state index >= 15 is 0 Å². The van der Waals surface area contributed by atoms with Crippen molar-refractivity contribution in [2.45, 2.75) is 19.9 Å². The summed E-state index contributed by atoms with van der Waals surface area (Å²) in [5.74, 6) is -1.47. The number of nitrogens with one attached hydrogen (secondary N) is 1.